The number of carbonyl (C=O) groups is 1. The molecular formula is C15H20N2O2S. The molecule has 2 rings (SSSR count). The van der Waals surface area contributed by atoms with Gasteiger partial charge in [-0.05, 0) is 36.9 Å². The van der Waals surface area contributed by atoms with Gasteiger partial charge in [0.15, 0.2) is 0 Å². The molecule has 0 aliphatic rings. The molecule has 0 bridgehead atoms. The van der Waals surface area contributed by atoms with Crippen LogP contribution in [0.4, 0.5) is 4.79 Å². The highest BCUT2D eigenvalue weighted by Gasteiger charge is 2.13. The Morgan fingerprint density at radius 1 is 1.45 bits per heavy atom. The molecule has 1 atom stereocenters. The molecule has 0 unspecified atom stereocenters. The van der Waals surface area contributed by atoms with Crippen LogP contribution < -0.4 is 5.32 Å². The van der Waals surface area contributed by atoms with Gasteiger partial charge in [-0.25, -0.2) is 4.79 Å². The zero-order chi connectivity index (χ0) is 14.4. The lowest BCUT2D eigenvalue weighted by Gasteiger charge is -2.20. The Balaban J connectivity index is 1.72. The highest BCUT2D eigenvalue weighted by Crippen LogP contribution is 2.11. The summed E-state index contributed by atoms with van der Waals surface area (Å²) >= 11 is 1.66. The van der Waals surface area contributed by atoms with Crippen LogP contribution in [0.1, 0.15) is 24.0 Å². The first-order valence-corrected chi connectivity index (χ1v) is 7.59. The van der Waals surface area contributed by atoms with Crippen LogP contribution in [0.3, 0.4) is 0 Å². The highest BCUT2D eigenvalue weighted by molar-refractivity contribution is 7.09. The number of nitrogens with zero attached hydrogens (tertiary/aromatic N) is 1. The molecule has 2 aromatic rings. The molecule has 0 aliphatic heterocycles. The monoisotopic (exact) mass is 292 g/mol. The second kappa shape index (κ2) is 7.14. The Kier molecular flexibility index (Phi) is 5.24. The van der Waals surface area contributed by atoms with Crippen LogP contribution in [0.5, 0.6) is 0 Å². The third kappa shape index (κ3) is 4.42. The summed E-state index contributed by atoms with van der Waals surface area (Å²) in [5.41, 5.74) is 0. The number of hydrogen-bond donors (Lipinski definition) is 1. The van der Waals surface area contributed by atoms with Gasteiger partial charge in [0, 0.05) is 24.4 Å². The smallest absolute Gasteiger partial charge is 0.317 e. The summed E-state index contributed by atoms with van der Waals surface area (Å²) in [5, 5.41) is 5.03. The number of urea groups is 1. The fourth-order valence-electron chi connectivity index (χ4n) is 1.91. The van der Waals surface area contributed by atoms with Gasteiger partial charge in [-0.3, -0.25) is 0 Å². The standard InChI is InChI=1S/C15H20N2O2S/c1-12(7-8-13-5-3-9-19-13)16-15(18)17(2)11-14-6-4-10-20-14/h3-6,9-10,12H,7-8,11H2,1-2H3,(H,16,18)/t12-/m1/s1. The molecule has 2 heterocycles. The van der Waals surface area contributed by atoms with Crippen molar-refractivity contribution in [2.24, 2.45) is 0 Å². The van der Waals surface area contributed by atoms with Crippen molar-refractivity contribution < 1.29 is 9.21 Å². The summed E-state index contributed by atoms with van der Waals surface area (Å²) in [7, 11) is 1.81. The predicted molar refractivity (Wildman–Crippen MR) is 80.8 cm³/mol. The zero-order valence-corrected chi connectivity index (χ0v) is 12.7. The lowest BCUT2D eigenvalue weighted by Crippen LogP contribution is -2.41. The first kappa shape index (κ1) is 14.7. The van der Waals surface area contributed by atoms with Crippen molar-refractivity contribution in [1.29, 1.82) is 0 Å². The van der Waals surface area contributed by atoms with E-state index in [2.05, 4.69) is 5.32 Å². The number of carbonyl (C=O) groups excluding carboxylic acids is 1. The maximum Gasteiger partial charge on any atom is 0.317 e. The zero-order valence-electron chi connectivity index (χ0n) is 11.8. The van der Waals surface area contributed by atoms with E-state index >= 15 is 0 Å². The molecule has 0 saturated heterocycles. The van der Waals surface area contributed by atoms with Gasteiger partial charge in [-0.1, -0.05) is 6.07 Å². The van der Waals surface area contributed by atoms with E-state index in [1.165, 1.54) is 4.88 Å². The maximum atomic E-state index is 12.0. The Morgan fingerprint density at radius 3 is 2.95 bits per heavy atom. The maximum absolute atomic E-state index is 12.0. The van der Waals surface area contributed by atoms with Gasteiger partial charge in [-0.2, -0.15) is 0 Å². The SMILES string of the molecule is C[C@H](CCc1ccco1)NC(=O)N(C)Cc1cccs1. The van der Waals surface area contributed by atoms with Crippen molar-refractivity contribution in [3.05, 3.63) is 46.5 Å². The minimum Gasteiger partial charge on any atom is -0.469 e. The van der Waals surface area contributed by atoms with E-state index in [-0.39, 0.29) is 12.1 Å². The molecule has 108 valence electrons. The van der Waals surface area contributed by atoms with Gasteiger partial charge in [0.25, 0.3) is 0 Å². The number of aryl methyl sites for hydroxylation is 1. The Hall–Kier alpha value is -1.75. The van der Waals surface area contributed by atoms with E-state index in [9.17, 15) is 4.79 Å². The van der Waals surface area contributed by atoms with Gasteiger partial charge in [0.1, 0.15) is 5.76 Å². The summed E-state index contributed by atoms with van der Waals surface area (Å²) in [5.74, 6) is 0.957. The van der Waals surface area contributed by atoms with Crippen LogP contribution in [0.25, 0.3) is 0 Å². The third-order valence-electron chi connectivity index (χ3n) is 3.09. The molecule has 1 N–H and O–H groups in total. The minimum atomic E-state index is -0.0367. The average Bonchev–Trinajstić information content (AvgIpc) is 3.09. The normalized spacial score (nSPS) is 12.1. The van der Waals surface area contributed by atoms with Crippen LogP contribution in [0.15, 0.2) is 40.3 Å². The fraction of sp³-hybridized carbons (Fsp3) is 0.400. The summed E-state index contributed by atoms with van der Waals surface area (Å²) in [6, 6.07) is 7.96. The summed E-state index contributed by atoms with van der Waals surface area (Å²) in [6.45, 7) is 2.66. The molecule has 0 fully saturated rings. The fourth-order valence-corrected chi connectivity index (χ4v) is 2.67. The molecule has 0 saturated carbocycles. The molecule has 0 aliphatic carbocycles. The second-order valence-corrected chi connectivity index (χ2v) is 5.94. The number of thiophene rings is 1. The first-order valence-electron chi connectivity index (χ1n) is 6.71. The van der Waals surface area contributed by atoms with Crippen LogP contribution in [-0.2, 0) is 13.0 Å². The molecule has 0 spiro atoms. The third-order valence-corrected chi connectivity index (χ3v) is 3.95. The van der Waals surface area contributed by atoms with Crippen LogP contribution in [-0.4, -0.2) is 24.0 Å². The molecule has 20 heavy (non-hydrogen) atoms. The quantitative estimate of drug-likeness (QED) is 0.885. The summed E-state index contributed by atoms with van der Waals surface area (Å²) < 4.78 is 5.28. The van der Waals surface area contributed by atoms with E-state index in [4.69, 9.17) is 4.42 Å². The van der Waals surface area contributed by atoms with Crippen molar-refractivity contribution in [1.82, 2.24) is 10.2 Å². The topological polar surface area (TPSA) is 45.5 Å². The number of amides is 2. The van der Waals surface area contributed by atoms with E-state index in [1.807, 2.05) is 43.6 Å². The predicted octanol–water partition coefficient (Wildman–Crippen LogP) is 3.50. The van der Waals surface area contributed by atoms with Crippen LogP contribution >= 0.6 is 11.3 Å². The molecule has 2 amide bonds. The lowest BCUT2D eigenvalue weighted by atomic mass is 10.1. The Morgan fingerprint density at radius 2 is 2.30 bits per heavy atom. The van der Waals surface area contributed by atoms with Gasteiger partial charge in [-0.15, -0.1) is 11.3 Å². The van der Waals surface area contributed by atoms with Crippen molar-refractivity contribution >= 4 is 17.4 Å². The number of rotatable bonds is 6. The van der Waals surface area contributed by atoms with Crippen LogP contribution in [0.2, 0.25) is 0 Å². The van der Waals surface area contributed by atoms with Crippen molar-refractivity contribution in [2.45, 2.75) is 32.4 Å². The van der Waals surface area contributed by atoms with Gasteiger partial charge in [0.2, 0.25) is 0 Å². The molecule has 5 heteroatoms. The molecule has 0 radical (unpaired) electrons. The average molecular weight is 292 g/mol. The molecule has 0 aromatic carbocycles. The van der Waals surface area contributed by atoms with E-state index in [0.717, 1.165) is 18.6 Å². The molecular weight excluding hydrogens is 272 g/mol. The van der Waals surface area contributed by atoms with E-state index in [0.29, 0.717) is 6.54 Å². The summed E-state index contributed by atoms with van der Waals surface area (Å²) in [4.78, 5) is 14.9. The second-order valence-electron chi connectivity index (χ2n) is 4.90. The van der Waals surface area contributed by atoms with Crippen molar-refractivity contribution in [3.63, 3.8) is 0 Å². The minimum absolute atomic E-state index is 0.0367. The van der Waals surface area contributed by atoms with E-state index < -0.39 is 0 Å². The molecule has 2 aromatic heterocycles. The van der Waals surface area contributed by atoms with E-state index in [1.54, 1.807) is 22.5 Å². The van der Waals surface area contributed by atoms with Crippen molar-refractivity contribution in [2.75, 3.05) is 7.05 Å². The summed E-state index contributed by atoms with van der Waals surface area (Å²) in [6.07, 6.45) is 3.38. The largest absolute Gasteiger partial charge is 0.469 e. The van der Waals surface area contributed by atoms with Gasteiger partial charge < -0.3 is 14.6 Å². The first-order chi connectivity index (χ1) is 9.65. The van der Waals surface area contributed by atoms with Gasteiger partial charge >= 0.3 is 6.03 Å². The van der Waals surface area contributed by atoms with Crippen LogP contribution in [0, 0.1) is 0 Å². The number of hydrogen-bond acceptors (Lipinski definition) is 3. The van der Waals surface area contributed by atoms with Gasteiger partial charge in [0.05, 0.1) is 12.8 Å². The number of nitrogens with one attached hydrogen (secondary N) is 1. The Labute approximate surface area is 123 Å². The van der Waals surface area contributed by atoms with Crippen molar-refractivity contribution in [3.8, 4) is 0 Å². The molecule has 4 nitrogen and oxygen atoms in total. The Bertz CT molecular complexity index is 508. The highest BCUT2D eigenvalue weighted by atomic mass is 32.1. The lowest BCUT2D eigenvalue weighted by molar-refractivity contribution is 0.203. The number of furan rings is 1.